The average molecular weight is 109 g/mol. The third kappa shape index (κ3) is 0.772. The van der Waals surface area contributed by atoms with Crippen LogP contribution in [0.1, 0.15) is 0 Å². The molecular weight excluding hydrogens is 106 g/mol. The number of imidazole rings is 1. The van der Waals surface area contributed by atoms with Crippen LogP contribution >= 0.6 is 0 Å². The molecule has 1 aromatic heterocycles. The van der Waals surface area contributed by atoms with Crippen LogP contribution in [-0.4, -0.2) is 9.97 Å². The Morgan fingerprint density at radius 2 is 2.75 bits per heavy atom. The summed E-state index contributed by atoms with van der Waals surface area (Å²) in [6, 6.07) is 0. The molecule has 0 atom stereocenters. The Morgan fingerprint density at radius 3 is 3.25 bits per heavy atom. The fraction of sp³-hybridized carbons (Fsp3) is 0. The van der Waals surface area contributed by atoms with E-state index in [1.165, 1.54) is 6.20 Å². The Hall–Kier alpha value is -1.48. The first-order chi connectivity index (χ1) is 3.93. The predicted molar refractivity (Wildman–Crippen MR) is 27.4 cm³/mol. The van der Waals surface area contributed by atoms with Crippen LogP contribution in [0.25, 0.3) is 10.4 Å². The number of nitrogens with one attached hydrogen (secondary N) is 1. The highest BCUT2D eigenvalue weighted by Crippen LogP contribution is 1.98. The van der Waals surface area contributed by atoms with Gasteiger partial charge in [-0.25, -0.2) is 4.98 Å². The number of hydrogen-bond acceptors (Lipinski definition) is 2. The molecule has 5 nitrogen and oxygen atoms in total. The molecular formula is C3H3N5. The minimum absolute atomic E-state index is 0.299. The normalized spacial score (nSPS) is 8.00. The van der Waals surface area contributed by atoms with Crippen molar-refractivity contribution >= 4 is 5.95 Å². The van der Waals surface area contributed by atoms with Gasteiger partial charge in [-0.05, 0) is 10.6 Å². The lowest BCUT2D eigenvalue weighted by molar-refractivity contribution is 1.23. The van der Waals surface area contributed by atoms with Crippen LogP contribution in [0.3, 0.4) is 0 Å². The summed E-state index contributed by atoms with van der Waals surface area (Å²) in [5, 5.41) is 3.18. The lowest BCUT2D eigenvalue weighted by atomic mass is 11.0. The van der Waals surface area contributed by atoms with Crippen molar-refractivity contribution in [2.24, 2.45) is 5.11 Å². The maximum atomic E-state index is 7.84. The Kier molecular flexibility index (Phi) is 1.16. The molecule has 0 aliphatic rings. The Bertz CT molecular complexity index is 193. The highest BCUT2D eigenvalue weighted by atomic mass is 15.2. The monoisotopic (exact) mass is 109 g/mol. The molecule has 0 amide bonds. The summed E-state index contributed by atoms with van der Waals surface area (Å²) in [7, 11) is 0. The van der Waals surface area contributed by atoms with Crippen LogP contribution in [0.4, 0.5) is 5.95 Å². The molecule has 0 spiro atoms. The van der Waals surface area contributed by atoms with Gasteiger partial charge in [-0.3, -0.25) is 0 Å². The molecule has 1 N–H and O–H groups in total. The second-order valence-corrected chi connectivity index (χ2v) is 1.10. The maximum absolute atomic E-state index is 7.84. The average Bonchev–Trinajstić information content (AvgIpc) is 2.19. The van der Waals surface area contributed by atoms with Gasteiger partial charge in [-0.15, -0.1) is 0 Å². The van der Waals surface area contributed by atoms with E-state index in [4.69, 9.17) is 5.53 Å². The zero-order valence-corrected chi connectivity index (χ0v) is 3.94. The van der Waals surface area contributed by atoms with Crippen molar-refractivity contribution in [3.63, 3.8) is 0 Å². The van der Waals surface area contributed by atoms with Gasteiger partial charge >= 0.3 is 0 Å². The van der Waals surface area contributed by atoms with E-state index in [0.29, 0.717) is 5.95 Å². The first-order valence-electron chi connectivity index (χ1n) is 1.98. The van der Waals surface area contributed by atoms with Gasteiger partial charge in [-0.1, -0.05) is 0 Å². The molecule has 1 aromatic rings. The van der Waals surface area contributed by atoms with Crippen LogP contribution in [0.15, 0.2) is 17.5 Å². The largest absolute Gasteiger partial charge is 0.343 e. The Labute approximate surface area is 45.0 Å². The summed E-state index contributed by atoms with van der Waals surface area (Å²) >= 11 is 0. The third-order valence-electron chi connectivity index (χ3n) is 0.623. The molecule has 0 radical (unpaired) electrons. The second-order valence-electron chi connectivity index (χ2n) is 1.10. The van der Waals surface area contributed by atoms with Gasteiger partial charge in [0.1, 0.15) is 0 Å². The summed E-state index contributed by atoms with van der Waals surface area (Å²) in [5.41, 5.74) is 7.84. The van der Waals surface area contributed by atoms with E-state index in [0.717, 1.165) is 0 Å². The van der Waals surface area contributed by atoms with Crippen molar-refractivity contribution in [2.75, 3.05) is 0 Å². The van der Waals surface area contributed by atoms with Crippen molar-refractivity contribution in [1.29, 1.82) is 0 Å². The van der Waals surface area contributed by atoms with Crippen LogP contribution < -0.4 is 0 Å². The predicted octanol–water partition coefficient (Wildman–Crippen LogP) is 1.35. The number of H-pyrrole nitrogens is 1. The van der Waals surface area contributed by atoms with Gasteiger partial charge in [0.2, 0.25) is 0 Å². The van der Waals surface area contributed by atoms with Gasteiger partial charge in [0.15, 0.2) is 5.95 Å². The smallest absolute Gasteiger partial charge is 0.194 e. The van der Waals surface area contributed by atoms with Crippen molar-refractivity contribution in [1.82, 2.24) is 9.97 Å². The van der Waals surface area contributed by atoms with Crippen molar-refractivity contribution < 1.29 is 0 Å². The van der Waals surface area contributed by atoms with E-state index < -0.39 is 0 Å². The highest BCUT2D eigenvalue weighted by molar-refractivity contribution is 5.11. The zero-order valence-electron chi connectivity index (χ0n) is 3.94. The van der Waals surface area contributed by atoms with E-state index in [-0.39, 0.29) is 0 Å². The quantitative estimate of drug-likeness (QED) is 0.329. The molecule has 0 saturated carbocycles. The summed E-state index contributed by atoms with van der Waals surface area (Å²) in [4.78, 5) is 8.75. The van der Waals surface area contributed by atoms with Gasteiger partial charge in [0.25, 0.3) is 0 Å². The topological polar surface area (TPSA) is 77.4 Å². The first-order valence-corrected chi connectivity index (χ1v) is 1.98. The molecule has 1 rings (SSSR count). The lowest BCUT2D eigenvalue weighted by Crippen LogP contribution is -1.57. The number of hydrogen-bond donors (Lipinski definition) is 1. The van der Waals surface area contributed by atoms with E-state index in [2.05, 4.69) is 20.0 Å². The first kappa shape index (κ1) is 4.67. The minimum atomic E-state index is 0.299. The van der Waals surface area contributed by atoms with Crippen molar-refractivity contribution in [2.45, 2.75) is 0 Å². The van der Waals surface area contributed by atoms with E-state index in [1.54, 1.807) is 6.20 Å². The van der Waals surface area contributed by atoms with E-state index in [1.807, 2.05) is 0 Å². The third-order valence-corrected chi connectivity index (χ3v) is 0.623. The van der Waals surface area contributed by atoms with Gasteiger partial charge in [0.05, 0.1) is 0 Å². The van der Waals surface area contributed by atoms with Crippen LogP contribution in [0, 0.1) is 0 Å². The van der Waals surface area contributed by atoms with Gasteiger partial charge < -0.3 is 4.98 Å². The molecule has 0 aromatic carbocycles. The second kappa shape index (κ2) is 1.99. The zero-order chi connectivity index (χ0) is 5.82. The maximum Gasteiger partial charge on any atom is 0.194 e. The number of nitrogens with zero attached hydrogens (tertiary/aromatic N) is 4. The molecule has 5 heteroatoms. The molecule has 0 aliphatic carbocycles. The van der Waals surface area contributed by atoms with Crippen molar-refractivity contribution in [3.8, 4) is 0 Å². The molecule has 0 saturated heterocycles. The SMILES string of the molecule is [N-]=[N+]=Nc1ncc[nH]1. The number of aromatic nitrogens is 2. The molecule has 8 heavy (non-hydrogen) atoms. The lowest BCUT2D eigenvalue weighted by Gasteiger charge is -1.71. The summed E-state index contributed by atoms with van der Waals surface area (Å²) in [6.45, 7) is 0. The van der Waals surface area contributed by atoms with E-state index in [9.17, 15) is 0 Å². The molecule has 1 heterocycles. The highest BCUT2D eigenvalue weighted by Gasteiger charge is 1.81. The summed E-state index contributed by atoms with van der Waals surface area (Å²) < 4.78 is 0. The van der Waals surface area contributed by atoms with Gasteiger partial charge in [-0.2, -0.15) is 0 Å². The van der Waals surface area contributed by atoms with Crippen molar-refractivity contribution in [3.05, 3.63) is 22.8 Å². The number of azide groups is 1. The van der Waals surface area contributed by atoms with E-state index >= 15 is 0 Å². The molecule has 40 valence electrons. The summed E-state index contributed by atoms with van der Waals surface area (Å²) in [6.07, 6.45) is 3.11. The Morgan fingerprint density at radius 1 is 1.88 bits per heavy atom. The minimum Gasteiger partial charge on any atom is -0.343 e. The molecule has 0 unspecified atom stereocenters. The fourth-order valence-corrected chi connectivity index (χ4v) is 0.354. The Balaban J connectivity index is 2.93. The van der Waals surface area contributed by atoms with Crippen LogP contribution in [0.2, 0.25) is 0 Å². The van der Waals surface area contributed by atoms with Crippen LogP contribution in [-0.2, 0) is 0 Å². The summed E-state index contributed by atoms with van der Waals surface area (Å²) in [5.74, 6) is 0.299. The molecule has 0 bridgehead atoms. The fourth-order valence-electron chi connectivity index (χ4n) is 0.354. The number of rotatable bonds is 1. The molecule has 0 fully saturated rings. The standard InChI is InChI=1S/C3H3N5/c4-8-7-3-5-1-2-6-3/h1-2H,(H,5,6). The molecule has 0 aliphatic heterocycles. The van der Waals surface area contributed by atoms with Gasteiger partial charge in [0, 0.05) is 17.3 Å². The van der Waals surface area contributed by atoms with Crippen LogP contribution in [0.5, 0.6) is 0 Å². The number of aromatic amines is 1.